The zero-order valence-corrected chi connectivity index (χ0v) is 19.1. The third-order valence-corrected chi connectivity index (χ3v) is 5.33. The van der Waals surface area contributed by atoms with Crippen LogP contribution in [0.2, 0.25) is 0 Å². The number of carbonyl (C=O) groups excluding carboxylic acids is 4. The van der Waals surface area contributed by atoms with E-state index < -0.39 is 35.4 Å². The van der Waals surface area contributed by atoms with Crippen LogP contribution in [0, 0.1) is 5.82 Å². The highest BCUT2D eigenvalue weighted by molar-refractivity contribution is 8.18. The molecule has 3 amide bonds. The van der Waals surface area contributed by atoms with Crippen molar-refractivity contribution in [3.05, 3.63) is 58.8 Å². The summed E-state index contributed by atoms with van der Waals surface area (Å²) in [5, 5.41) is 1.85. The molecule has 1 aliphatic heterocycles. The Bertz CT molecular complexity index is 1150. The Morgan fingerprint density at radius 1 is 1.12 bits per heavy atom. The number of amides is 3. The molecule has 3 rings (SSSR count). The fourth-order valence-corrected chi connectivity index (χ4v) is 3.73. The molecule has 11 heteroatoms. The van der Waals surface area contributed by atoms with Crippen molar-refractivity contribution in [2.75, 3.05) is 32.2 Å². The number of nitrogens with one attached hydrogen (secondary N) is 1. The highest BCUT2D eigenvalue weighted by atomic mass is 32.2. The minimum Gasteiger partial charge on any atom is -0.490 e. The van der Waals surface area contributed by atoms with Crippen LogP contribution in [-0.4, -0.2) is 54.8 Å². The first-order valence-electron chi connectivity index (χ1n) is 10.1. The molecule has 1 saturated heterocycles. The molecule has 0 atom stereocenters. The second-order valence-electron chi connectivity index (χ2n) is 6.83. The quantitative estimate of drug-likeness (QED) is 0.422. The van der Waals surface area contributed by atoms with Crippen LogP contribution in [-0.2, 0) is 19.1 Å². The molecule has 1 heterocycles. The van der Waals surface area contributed by atoms with Crippen LogP contribution in [0.25, 0.3) is 6.08 Å². The number of halogens is 1. The van der Waals surface area contributed by atoms with E-state index in [-0.39, 0.29) is 17.2 Å². The Morgan fingerprint density at radius 2 is 1.91 bits per heavy atom. The number of carbonyl (C=O) groups is 4. The molecule has 1 fully saturated rings. The zero-order chi connectivity index (χ0) is 24.7. The van der Waals surface area contributed by atoms with Gasteiger partial charge in [0.2, 0.25) is 5.91 Å². The van der Waals surface area contributed by atoms with Crippen molar-refractivity contribution < 1.29 is 37.8 Å². The average molecular weight is 488 g/mol. The normalized spacial score (nSPS) is 14.3. The fraction of sp³-hybridized carbons (Fsp3) is 0.217. The Kier molecular flexibility index (Phi) is 8.25. The number of rotatable bonds is 9. The van der Waals surface area contributed by atoms with Crippen molar-refractivity contribution in [3.63, 3.8) is 0 Å². The number of ether oxygens (including phenoxy) is 3. The van der Waals surface area contributed by atoms with Gasteiger partial charge in [0.25, 0.3) is 11.1 Å². The zero-order valence-electron chi connectivity index (χ0n) is 18.3. The molecule has 9 nitrogen and oxygen atoms in total. The lowest BCUT2D eigenvalue weighted by molar-refractivity contribution is -0.143. The summed E-state index contributed by atoms with van der Waals surface area (Å²) in [6.07, 6.45) is 1.49. The monoisotopic (exact) mass is 488 g/mol. The first kappa shape index (κ1) is 24.8. The largest absolute Gasteiger partial charge is 0.490 e. The Labute approximate surface area is 198 Å². The van der Waals surface area contributed by atoms with E-state index in [4.69, 9.17) is 9.47 Å². The fourth-order valence-electron chi connectivity index (χ4n) is 2.90. The van der Waals surface area contributed by atoms with E-state index in [1.807, 2.05) is 0 Å². The highest BCUT2D eigenvalue weighted by Gasteiger charge is 2.36. The maximum absolute atomic E-state index is 13.3. The van der Waals surface area contributed by atoms with Crippen LogP contribution in [0.1, 0.15) is 12.5 Å². The lowest BCUT2D eigenvalue weighted by atomic mass is 10.2. The topological polar surface area (TPSA) is 111 Å². The van der Waals surface area contributed by atoms with E-state index in [1.54, 1.807) is 25.1 Å². The summed E-state index contributed by atoms with van der Waals surface area (Å²) in [5.41, 5.74) is 0.758. The Hall–Kier alpha value is -3.86. The van der Waals surface area contributed by atoms with Gasteiger partial charge in [-0.2, -0.15) is 0 Å². The van der Waals surface area contributed by atoms with Crippen LogP contribution in [0.5, 0.6) is 11.5 Å². The van der Waals surface area contributed by atoms with Crippen LogP contribution in [0.15, 0.2) is 47.4 Å². The minimum absolute atomic E-state index is 0.120. The second kappa shape index (κ2) is 11.3. The molecule has 0 aromatic heterocycles. The molecule has 2 aromatic rings. The molecule has 0 unspecified atom stereocenters. The molecule has 2 aromatic carbocycles. The van der Waals surface area contributed by atoms with E-state index in [1.165, 1.54) is 31.4 Å². The number of benzene rings is 2. The predicted molar refractivity (Wildman–Crippen MR) is 123 cm³/mol. The molecule has 0 radical (unpaired) electrons. The molecular formula is C23H21FN2O7S. The molecule has 1 N–H and O–H groups in total. The molecule has 34 heavy (non-hydrogen) atoms. The third kappa shape index (κ3) is 6.35. The number of hydrogen-bond donors (Lipinski definition) is 1. The lowest BCUT2D eigenvalue weighted by Crippen LogP contribution is -2.36. The third-order valence-electron chi connectivity index (χ3n) is 4.42. The summed E-state index contributed by atoms with van der Waals surface area (Å²) < 4.78 is 28.8. The van der Waals surface area contributed by atoms with Gasteiger partial charge in [0.1, 0.15) is 12.4 Å². The van der Waals surface area contributed by atoms with E-state index in [2.05, 4.69) is 10.1 Å². The molecule has 0 saturated carbocycles. The number of imide groups is 1. The van der Waals surface area contributed by atoms with Gasteiger partial charge in [-0.25, -0.2) is 9.18 Å². The van der Waals surface area contributed by atoms with Gasteiger partial charge in [-0.15, -0.1) is 0 Å². The average Bonchev–Trinajstić information content (AvgIpc) is 3.05. The van der Waals surface area contributed by atoms with E-state index >= 15 is 0 Å². The van der Waals surface area contributed by atoms with Crippen molar-refractivity contribution in [1.29, 1.82) is 0 Å². The number of thioether (sulfide) groups is 1. The number of hydrogen-bond acceptors (Lipinski definition) is 8. The van der Waals surface area contributed by atoms with Gasteiger partial charge < -0.3 is 19.5 Å². The SMILES string of the molecule is CCOc1cc(/C=C2/SC(=O)N(CC(=O)Nc3cccc(F)c3)C2=O)ccc1OCC(=O)OC. The molecular weight excluding hydrogens is 467 g/mol. The molecule has 1 aliphatic rings. The summed E-state index contributed by atoms with van der Waals surface area (Å²) in [6.45, 7) is 1.29. The van der Waals surface area contributed by atoms with E-state index in [0.29, 0.717) is 35.4 Å². The van der Waals surface area contributed by atoms with Gasteiger partial charge in [-0.3, -0.25) is 19.3 Å². The number of anilines is 1. The molecule has 0 aliphatic carbocycles. The van der Waals surface area contributed by atoms with Crippen molar-refractivity contribution in [1.82, 2.24) is 4.90 Å². The standard InChI is InChI=1S/C23H21FN2O7S/c1-3-32-18-9-14(7-8-17(18)33-13-21(28)31-2)10-19-22(29)26(23(30)34-19)12-20(27)25-16-6-4-5-15(24)11-16/h4-11H,3,12-13H2,1-2H3,(H,25,27)/b19-10+. The second-order valence-corrected chi connectivity index (χ2v) is 7.82. The Balaban J connectivity index is 1.71. The van der Waals surface area contributed by atoms with Crippen molar-refractivity contribution in [3.8, 4) is 11.5 Å². The first-order valence-corrected chi connectivity index (χ1v) is 10.9. The lowest BCUT2D eigenvalue weighted by Gasteiger charge is -2.13. The maximum atomic E-state index is 13.3. The van der Waals surface area contributed by atoms with Crippen LogP contribution < -0.4 is 14.8 Å². The van der Waals surface area contributed by atoms with Gasteiger partial charge in [0.05, 0.1) is 18.6 Å². The minimum atomic E-state index is -0.639. The maximum Gasteiger partial charge on any atom is 0.343 e. The Morgan fingerprint density at radius 3 is 2.62 bits per heavy atom. The highest BCUT2D eigenvalue weighted by Crippen LogP contribution is 2.34. The van der Waals surface area contributed by atoms with Gasteiger partial charge in [-0.1, -0.05) is 12.1 Å². The van der Waals surface area contributed by atoms with Gasteiger partial charge in [0.15, 0.2) is 18.1 Å². The van der Waals surface area contributed by atoms with Crippen molar-refractivity contribution >= 4 is 46.5 Å². The summed E-state index contributed by atoms with van der Waals surface area (Å²) in [7, 11) is 1.25. The first-order chi connectivity index (χ1) is 16.3. The predicted octanol–water partition coefficient (Wildman–Crippen LogP) is 3.45. The van der Waals surface area contributed by atoms with Crippen LogP contribution in [0.4, 0.5) is 14.9 Å². The summed E-state index contributed by atoms with van der Waals surface area (Å²) >= 11 is 0.693. The van der Waals surface area contributed by atoms with Crippen LogP contribution >= 0.6 is 11.8 Å². The van der Waals surface area contributed by atoms with Gasteiger partial charge in [0, 0.05) is 5.69 Å². The van der Waals surface area contributed by atoms with Crippen molar-refractivity contribution in [2.24, 2.45) is 0 Å². The molecule has 0 spiro atoms. The summed E-state index contributed by atoms with van der Waals surface area (Å²) in [5.74, 6) is -1.70. The number of nitrogens with zero attached hydrogens (tertiary/aromatic N) is 1. The van der Waals surface area contributed by atoms with Crippen molar-refractivity contribution in [2.45, 2.75) is 6.92 Å². The van der Waals surface area contributed by atoms with Gasteiger partial charge in [-0.05, 0) is 60.7 Å². The summed E-state index contributed by atoms with van der Waals surface area (Å²) in [6, 6.07) is 10.1. The van der Waals surface area contributed by atoms with Crippen LogP contribution in [0.3, 0.4) is 0 Å². The van der Waals surface area contributed by atoms with E-state index in [0.717, 1.165) is 11.0 Å². The number of esters is 1. The number of methoxy groups -OCH3 is 1. The van der Waals surface area contributed by atoms with E-state index in [9.17, 15) is 23.6 Å². The smallest absolute Gasteiger partial charge is 0.343 e. The summed E-state index contributed by atoms with van der Waals surface area (Å²) in [4.78, 5) is 49.5. The molecule has 178 valence electrons. The van der Waals surface area contributed by atoms with Gasteiger partial charge >= 0.3 is 5.97 Å². The molecule has 0 bridgehead atoms.